The van der Waals surface area contributed by atoms with E-state index in [0.717, 1.165) is 19.3 Å². The van der Waals surface area contributed by atoms with Gasteiger partial charge in [-0.3, -0.25) is 14.9 Å². The second kappa shape index (κ2) is 4.70. The summed E-state index contributed by atoms with van der Waals surface area (Å²) in [5.41, 5.74) is 0. The molecule has 0 aromatic heterocycles. The van der Waals surface area contributed by atoms with Crippen molar-refractivity contribution in [3.63, 3.8) is 0 Å². The normalized spacial score (nSPS) is 23.0. The van der Waals surface area contributed by atoms with Crippen LogP contribution < -0.4 is 5.32 Å². The van der Waals surface area contributed by atoms with E-state index in [4.69, 9.17) is 0 Å². The van der Waals surface area contributed by atoms with Crippen molar-refractivity contribution in [3.05, 3.63) is 12.2 Å². The Bertz CT molecular complexity index is 209. The van der Waals surface area contributed by atoms with Crippen molar-refractivity contribution in [1.82, 2.24) is 5.32 Å². The molecule has 1 aliphatic heterocycles. The first-order valence-corrected chi connectivity index (χ1v) is 4.27. The minimum absolute atomic E-state index is 0.143. The van der Waals surface area contributed by atoms with E-state index < -0.39 is 0 Å². The Morgan fingerprint density at radius 2 is 1.92 bits per heavy atom. The third-order valence-electron chi connectivity index (χ3n) is 1.77. The smallest absolute Gasteiger partial charge is 0.230 e. The molecule has 0 unspecified atom stereocenters. The maximum Gasteiger partial charge on any atom is 0.230 e. The van der Waals surface area contributed by atoms with Gasteiger partial charge in [0.05, 0.1) is 0 Å². The molecule has 0 aromatic rings. The highest BCUT2D eigenvalue weighted by molar-refractivity contribution is 5.95. The van der Waals surface area contributed by atoms with Gasteiger partial charge in [-0.15, -0.1) is 0 Å². The number of carbonyl (C=O) groups excluding carboxylic acids is 2. The van der Waals surface area contributed by atoms with Gasteiger partial charge in [-0.25, -0.2) is 0 Å². The maximum atomic E-state index is 11.0. The number of rotatable bonds is 0. The molecule has 0 spiro atoms. The molecule has 1 heterocycles. The number of carbonyl (C=O) groups is 2. The van der Waals surface area contributed by atoms with Gasteiger partial charge in [0.25, 0.3) is 0 Å². The zero-order chi connectivity index (χ0) is 8.81. The SMILES string of the molecule is O=C1C/C=C\CCCCC(=O)N1. The molecule has 0 aliphatic carbocycles. The summed E-state index contributed by atoms with van der Waals surface area (Å²) in [4.78, 5) is 21.9. The van der Waals surface area contributed by atoms with E-state index >= 15 is 0 Å². The van der Waals surface area contributed by atoms with Gasteiger partial charge < -0.3 is 0 Å². The van der Waals surface area contributed by atoms with Crippen molar-refractivity contribution >= 4 is 11.8 Å². The third-order valence-corrected chi connectivity index (χ3v) is 1.77. The summed E-state index contributed by atoms with van der Waals surface area (Å²) in [5.74, 6) is -0.339. The Kier molecular flexibility index (Phi) is 3.51. The highest BCUT2D eigenvalue weighted by Gasteiger charge is 2.06. The molecule has 0 radical (unpaired) electrons. The summed E-state index contributed by atoms with van der Waals surface area (Å²) in [6.07, 6.45) is 7.47. The predicted molar refractivity (Wildman–Crippen MR) is 45.4 cm³/mol. The summed E-state index contributed by atoms with van der Waals surface area (Å²) in [6, 6.07) is 0. The van der Waals surface area contributed by atoms with E-state index in [1.165, 1.54) is 0 Å². The number of amides is 2. The van der Waals surface area contributed by atoms with Gasteiger partial charge in [-0.1, -0.05) is 12.2 Å². The summed E-state index contributed by atoms with van der Waals surface area (Å²) in [7, 11) is 0. The van der Waals surface area contributed by atoms with Crippen LogP contribution in [0.5, 0.6) is 0 Å². The van der Waals surface area contributed by atoms with Gasteiger partial charge >= 0.3 is 0 Å². The largest absolute Gasteiger partial charge is 0.296 e. The van der Waals surface area contributed by atoms with E-state index in [0.29, 0.717) is 12.8 Å². The molecule has 0 aromatic carbocycles. The maximum absolute atomic E-state index is 11.0. The average molecular weight is 167 g/mol. The molecule has 2 amide bonds. The van der Waals surface area contributed by atoms with Crippen LogP contribution in [0.3, 0.4) is 0 Å². The van der Waals surface area contributed by atoms with Crippen LogP contribution in [0.4, 0.5) is 0 Å². The van der Waals surface area contributed by atoms with E-state index in [1.54, 1.807) is 0 Å². The van der Waals surface area contributed by atoms with Crippen molar-refractivity contribution in [1.29, 1.82) is 0 Å². The number of hydrogen-bond acceptors (Lipinski definition) is 2. The van der Waals surface area contributed by atoms with E-state index in [1.807, 2.05) is 12.2 Å². The molecule has 0 saturated heterocycles. The first-order chi connectivity index (χ1) is 5.79. The van der Waals surface area contributed by atoms with Crippen molar-refractivity contribution in [3.8, 4) is 0 Å². The van der Waals surface area contributed by atoms with Crippen LogP contribution in [-0.4, -0.2) is 11.8 Å². The zero-order valence-electron chi connectivity index (χ0n) is 7.01. The Labute approximate surface area is 71.8 Å². The Morgan fingerprint density at radius 3 is 2.75 bits per heavy atom. The van der Waals surface area contributed by atoms with Gasteiger partial charge in [0, 0.05) is 12.8 Å². The molecule has 1 aliphatic rings. The first-order valence-electron chi connectivity index (χ1n) is 4.27. The molecule has 0 atom stereocenters. The van der Waals surface area contributed by atoms with Crippen molar-refractivity contribution in [2.45, 2.75) is 32.1 Å². The highest BCUT2D eigenvalue weighted by atomic mass is 16.2. The lowest BCUT2D eigenvalue weighted by molar-refractivity contribution is -0.130. The summed E-state index contributed by atoms with van der Waals surface area (Å²) in [5, 5.41) is 2.32. The number of imide groups is 1. The average Bonchev–Trinajstić information content (AvgIpc) is 2.02. The molecule has 3 nitrogen and oxygen atoms in total. The molecule has 0 fully saturated rings. The fourth-order valence-corrected chi connectivity index (χ4v) is 1.13. The lowest BCUT2D eigenvalue weighted by Crippen LogP contribution is -2.29. The molecular weight excluding hydrogens is 154 g/mol. The standard InChI is InChI=1S/C9H13NO2/c11-8-6-4-2-1-3-5-7-9(12)10-8/h2,4H,1,3,5-7H2,(H,10,11,12)/b4-2-. The molecular formula is C9H13NO2. The topological polar surface area (TPSA) is 46.2 Å². The van der Waals surface area contributed by atoms with Crippen LogP contribution in [0.15, 0.2) is 12.2 Å². The monoisotopic (exact) mass is 167 g/mol. The fourth-order valence-electron chi connectivity index (χ4n) is 1.13. The van der Waals surface area contributed by atoms with Gasteiger partial charge in [-0.05, 0) is 19.3 Å². The minimum Gasteiger partial charge on any atom is -0.296 e. The predicted octanol–water partition coefficient (Wildman–Crippen LogP) is 1.15. The van der Waals surface area contributed by atoms with Gasteiger partial charge in [0.1, 0.15) is 0 Å². The lowest BCUT2D eigenvalue weighted by atomic mass is 10.1. The van der Waals surface area contributed by atoms with Gasteiger partial charge in [-0.2, -0.15) is 0 Å². The highest BCUT2D eigenvalue weighted by Crippen LogP contribution is 2.03. The first kappa shape index (κ1) is 8.97. The zero-order valence-corrected chi connectivity index (χ0v) is 7.01. The molecule has 66 valence electrons. The van der Waals surface area contributed by atoms with E-state index in [9.17, 15) is 9.59 Å². The minimum atomic E-state index is -0.196. The number of hydrogen-bond donors (Lipinski definition) is 1. The Balaban J connectivity index is 2.46. The van der Waals surface area contributed by atoms with Crippen LogP contribution in [0.1, 0.15) is 32.1 Å². The van der Waals surface area contributed by atoms with E-state index in [-0.39, 0.29) is 11.8 Å². The van der Waals surface area contributed by atoms with Crippen molar-refractivity contribution in [2.24, 2.45) is 0 Å². The number of nitrogens with one attached hydrogen (secondary N) is 1. The summed E-state index contributed by atoms with van der Waals surface area (Å²) >= 11 is 0. The molecule has 0 saturated carbocycles. The van der Waals surface area contributed by atoms with Crippen LogP contribution in [0, 0.1) is 0 Å². The molecule has 1 rings (SSSR count). The third kappa shape index (κ3) is 3.32. The molecule has 3 heteroatoms. The molecule has 12 heavy (non-hydrogen) atoms. The second-order valence-electron chi connectivity index (χ2n) is 2.89. The molecule has 0 bridgehead atoms. The molecule has 1 N–H and O–H groups in total. The van der Waals surface area contributed by atoms with Crippen molar-refractivity contribution < 1.29 is 9.59 Å². The van der Waals surface area contributed by atoms with E-state index in [2.05, 4.69) is 5.32 Å². The Hall–Kier alpha value is -1.12. The quantitative estimate of drug-likeness (QED) is 0.434. The second-order valence-corrected chi connectivity index (χ2v) is 2.89. The summed E-state index contributed by atoms with van der Waals surface area (Å²) < 4.78 is 0. The Morgan fingerprint density at radius 1 is 1.08 bits per heavy atom. The van der Waals surface area contributed by atoms with Gasteiger partial charge in [0.2, 0.25) is 11.8 Å². The fraction of sp³-hybridized carbons (Fsp3) is 0.556. The lowest BCUT2D eigenvalue weighted by Gasteiger charge is -2.03. The van der Waals surface area contributed by atoms with Crippen molar-refractivity contribution in [2.75, 3.05) is 0 Å². The van der Waals surface area contributed by atoms with Crippen LogP contribution in [0.2, 0.25) is 0 Å². The van der Waals surface area contributed by atoms with Crippen LogP contribution in [-0.2, 0) is 9.59 Å². The van der Waals surface area contributed by atoms with Gasteiger partial charge in [0.15, 0.2) is 0 Å². The number of allylic oxidation sites excluding steroid dienone is 1. The summed E-state index contributed by atoms with van der Waals surface area (Å²) in [6.45, 7) is 0. The van der Waals surface area contributed by atoms with Crippen LogP contribution in [0.25, 0.3) is 0 Å². The van der Waals surface area contributed by atoms with Crippen LogP contribution >= 0.6 is 0 Å².